The molecule has 1 aromatic heterocycles. The van der Waals surface area contributed by atoms with Crippen LogP contribution in [0.2, 0.25) is 5.15 Å². The summed E-state index contributed by atoms with van der Waals surface area (Å²) in [6, 6.07) is 8.57. The molecule has 0 unspecified atom stereocenters. The lowest BCUT2D eigenvalue weighted by Crippen LogP contribution is -2.06. The number of benzene rings is 1. The van der Waals surface area contributed by atoms with Crippen LogP contribution >= 0.6 is 23.4 Å². The molecule has 0 bridgehead atoms. The molecular formula is C12H7ClF3NS. The monoisotopic (exact) mass is 289 g/mol. The second kappa shape index (κ2) is 5.20. The number of pyridine rings is 1. The first-order chi connectivity index (χ1) is 8.47. The van der Waals surface area contributed by atoms with E-state index in [1.54, 1.807) is 12.1 Å². The zero-order chi connectivity index (χ0) is 13.2. The number of rotatable bonds is 2. The van der Waals surface area contributed by atoms with Crippen LogP contribution in [0.25, 0.3) is 0 Å². The van der Waals surface area contributed by atoms with Gasteiger partial charge in [0.15, 0.2) is 0 Å². The molecule has 0 saturated carbocycles. The Kier molecular flexibility index (Phi) is 3.82. The van der Waals surface area contributed by atoms with Crippen molar-refractivity contribution in [2.45, 2.75) is 16.0 Å². The average molecular weight is 290 g/mol. The number of hydrogen-bond donors (Lipinski definition) is 0. The lowest BCUT2D eigenvalue weighted by Gasteiger charge is -2.11. The maximum Gasteiger partial charge on any atom is 0.417 e. The summed E-state index contributed by atoms with van der Waals surface area (Å²) < 4.78 is 38.3. The van der Waals surface area contributed by atoms with Crippen LogP contribution < -0.4 is 0 Å². The van der Waals surface area contributed by atoms with Crippen molar-refractivity contribution in [2.24, 2.45) is 0 Å². The van der Waals surface area contributed by atoms with Crippen molar-refractivity contribution >= 4 is 23.4 Å². The fraction of sp³-hybridized carbons (Fsp3) is 0.0833. The number of alkyl halides is 3. The Morgan fingerprint density at radius 2 is 1.83 bits per heavy atom. The number of aromatic nitrogens is 1. The van der Waals surface area contributed by atoms with Gasteiger partial charge in [-0.05, 0) is 24.3 Å². The Morgan fingerprint density at radius 3 is 2.50 bits per heavy atom. The topological polar surface area (TPSA) is 12.9 Å². The van der Waals surface area contributed by atoms with Crippen LogP contribution in [0.15, 0.2) is 52.4 Å². The summed E-state index contributed by atoms with van der Waals surface area (Å²) in [4.78, 5) is 4.55. The Labute approximate surface area is 111 Å². The molecule has 0 atom stereocenters. The molecule has 6 heteroatoms. The van der Waals surface area contributed by atoms with Crippen LogP contribution in [0.5, 0.6) is 0 Å². The van der Waals surface area contributed by atoms with Gasteiger partial charge in [-0.3, -0.25) is 0 Å². The summed E-state index contributed by atoms with van der Waals surface area (Å²) >= 11 is 6.70. The third-order valence-corrected chi connectivity index (χ3v) is 3.39. The van der Waals surface area contributed by atoms with E-state index in [-0.39, 0.29) is 10.0 Å². The predicted molar refractivity (Wildman–Crippen MR) is 64.8 cm³/mol. The van der Waals surface area contributed by atoms with E-state index in [1.807, 2.05) is 0 Å². The molecule has 18 heavy (non-hydrogen) atoms. The van der Waals surface area contributed by atoms with Gasteiger partial charge in [0.1, 0.15) is 5.15 Å². The van der Waals surface area contributed by atoms with Crippen molar-refractivity contribution in [3.05, 3.63) is 53.3 Å². The lowest BCUT2D eigenvalue weighted by molar-refractivity contribution is -0.139. The van der Waals surface area contributed by atoms with Gasteiger partial charge in [-0.2, -0.15) is 13.2 Å². The van der Waals surface area contributed by atoms with Crippen molar-refractivity contribution in [3.8, 4) is 0 Å². The smallest absolute Gasteiger partial charge is 0.244 e. The third-order valence-electron chi connectivity index (χ3n) is 2.12. The van der Waals surface area contributed by atoms with Gasteiger partial charge in [-0.1, -0.05) is 35.5 Å². The van der Waals surface area contributed by atoms with Gasteiger partial charge in [0.05, 0.1) is 5.56 Å². The summed E-state index contributed by atoms with van der Waals surface area (Å²) in [5.41, 5.74) is -0.650. The normalized spacial score (nSPS) is 11.6. The van der Waals surface area contributed by atoms with E-state index in [9.17, 15) is 13.2 Å². The van der Waals surface area contributed by atoms with Gasteiger partial charge in [0.25, 0.3) is 0 Å². The Bertz CT molecular complexity index is 557. The molecule has 2 aromatic rings. The Hall–Kier alpha value is -1.20. The molecule has 1 nitrogen and oxygen atoms in total. The molecule has 1 heterocycles. The van der Waals surface area contributed by atoms with Gasteiger partial charge in [-0.15, -0.1) is 0 Å². The summed E-state index contributed by atoms with van der Waals surface area (Å²) in [7, 11) is 0. The van der Waals surface area contributed by atoms with Gasteiger partial charge in [-0.25, -0.2) is 4.98 Å². The molecule has 0 amide bonds. The van der Waals surface area contributed by atoms with Gasteiger partial charge in [0.2, 0.25) is 0 Å². The first kappa shape index (κ1) is 13.2. The first-order valence-electron chi connectivity index (χ1n) is 4.92. The molecule has 0 aliphatic heterocycles. The highest BCUT2D eigenvalue weighted by molar-refractivity contribution is 7.99. The largest absolute Gasteiger partial charge is 0.417 e. The quantitative estimate of drug-likeness (QED) is 0.729. The van der Waals surface area contributed by atoms with Crippen molar-refractivity contribution < 1.29 is 13.2 Å². The van der Waals surface area contributed by atoms with E-state index in [4.69, 9.17) is 11.6 Å². The van der Waals surface area contributed by atoms with Crippen LogP contribution in [0, 0.1) is 0 Å². The molecule has 0 fully saturated rings. The SMILES string of the molecule is FC(F)(F)c1ccccc1Sc1ccnc(Cl)c1. The predicted octanol–water partition coefficient (Wildman–Crippen LogP) is 4.91. The van der Waals surface area contributed by atoms with Gasteiger partial charge < -0.3 is 0 Å². The van der Waals surface area contributed by atoms with Crippen molar-refractivity contribution in [1.82, 2.24) is 4.98 Å². The first-order valence-corrected chi connectivity index (χ1v) is 6.12. The summed E-state index contributed by atoms with van der Waals surface area (Å²) in [6.07, 6.45) is -2.90. The highest BCUT2D eigenvalue weighted by Crippen LogP contribution is 2.39. The molecule has 0 saturated heterocycles. The minimum atomic E-state index is -4.36. The maximum absolute atomic E-state index is 12.8. The van der Waals surface area contributed by atoms with Crippen molar-refractivity contribution in [3.63, 3.8) is 0 Å². The van der Waals surface area contributed by atoms with E-state index >= 15 is 0 Å². The lowest BCUT2D eigenvalue weighted by atomic mass is 10.2. The van der Waals surface area contributed by atoms with E-state index in [0.29, 0.717) is 4.90 Å². The maximum atomic E-state index is 12.8. The van der Waals surface area contributed by atoms with E-state index in [1.165, 1.54) is 24.4 Å². The van der Waals surface area contributed by atoms with Crippen LogP contribution in [-0.4, -0.2) is 4.98 Å². The Balaban J connectivity index is 2.35. The second-order valence-corrected chi connectivity index (χ2v) is 4.91. The van der Waals surface area contributed by atoms with Gasteiger partial charge >= 0.3 is 6.18 Å². The Morgan fingerprint density at radius 1 is 1.11 bits per heavy atom. The molecule has 0 spiro atoms. The minimum Gasteiger partial charge on any atom is -0.244 e. The fourth-order valence-corrected chi connectivity index (χ4v) is 2.60. The molecule has 0 N–H and O–H groups in total. The van der Waals surface area contributed by atoms with Crippen molar-refractivity contribution in [2.75, 3.05) is 0 Å². The average Bonchev–Trinajstić information content (AvgIpc) is 2.28. The summed E-state index contributed by atoms with van der Waals surface area (Å²) in [6.45, 7) is 0. The second-order valence-electron chi connectivity index (χ2n) is 3.41. The molecule has 0 radical (unpaired) electrons. The molecule has 1 aromatic carbocycles. The van der Waals surface area contributed by atoms with E-state index < -0.39 is 11.7 Å². The molecular weight excluding hydrogens is 283 g/mol. The zero-order valence-corrected chi connectivity index (χ0v) is 10.5. The van der Waals surface area contributed by atoms with Gasteiger partial charge in [0, 0.05) is 16.0 Å². The standard InChI is InChI=1S/C12H7ClF3NS/c13-11-7-8(5-6-17-11)18-10-4-2-1-3-9(10)12(14,15)16/h1-7H. The summed E-state index contributed by atoms with van der Waals surface area (Å²) in [5, 5.41) is 0.254. The molecule has 94 valence electrons. The number of nitrogens with zero attached hydrogens (tertiary/aromatic N) is 1. The van der Waals surface area contributed by atoms with E-state index in [2.05, 4.69) is 4.98 Å². The highest BCUT2D eigenvalue weighted by atomic mass is 35.5. The number of hydrogen-bond acceptors (Lipinski definition) is 2. The van der Waals surface area contributed by atoms with Crippen LogP contribution in [0.4, 0.5) is 13.2 Å². The minimum absolute atomic E-state index is 0.146. The van der Waals surface area contributed by atoms with E-state index in [0.717, 1.165) is 17.8 Å². The fourth-order valence-electron chi connectivity index (χ4n) is 1.36. The summed E-state index contributed by atoms with van der Waals surface area (Å²) in [5.74, 6) is 0. The van der Waals surface area contributed by atoms with Crippen LogP contribution in [0.3, 0.4) is 0 Å². The number of halogens is 4. The molecule has 0 aliphatic carbocycles. The van der Waals surface area contributed by atoms with Crippen molar-refractivity contribution in [1.29, 1.82) is 0 Å². The molecule has 0 aliphatic rings. The van der Waals surface area contributed by atoms with Crippen LogP contribution in [0.1, 0.15) is 5.56 Å². The zero-order valence-electron chi connectivity index (χ0n) is 8.91. The highest BCUT2D eigenvalue weighted by Gasteiger charge is 2.33. The van der Waals surface area contributed by atoms with Crippen LogP contribution in [-0.2, 0) is 6.18 Å². The third kappa shape index (κ3) is 3.17. The molecule has 2 rings (SSSR count).